The second-order valence-electron chi connectivity index (χ2n) is 10.3. The van der Waals surface area contributed by atoms with E-state index in [4.69, 9.17) is 4.74 Å². The number of sulfonamides is 1. The topological polar surface area (TPSA) is 83.0 Å². The molecule has 0 unspecified atom stereocenters. The van der Waals surface area contributed by atoms with Crippen LogP contribution >= 0.6 is 0 Å². The number of fused-ring (bicyclic) bond motifs is 1. The number of hydrogen-bond donors (Lipinski definition) is 1. The van der Waals surface area contributed by atoms with Crippen LogP contribution in [-0.2, 0) is 10.0 Å². The minimum atomic E-state index is -3.86. The van der Waals surface area contributed by atoms with E-state index >= 15 is 0 Å². The summed E-state index contributed by atoms with van der Waals surface area (Å²) in [5, 5.41) is 9.84. The minimum Gasteiger partial charge on any atom is -0.487 e. The van der Waals surface area contributed by atoms with Crippen LogP contribution in [0.4, 0.5) is 0 Å². The molecule has 8 heteroatoms. The van der Waals surface area contributed by atoms with Crippen LogP contribution in [0, 0.1) is 23.7 Å². The number of hydrogen-bond acceptors (Lipinski definition) is 6. The van der Waals surface area contributed by atoms with Gasteiger partial charge in [-0.3, -0.25) is 4.98 Å². The van der Waals surface area contributed by atoms with Crippen molar-refractivity contribution in [3.8, 4) is 17.6 Å². The Morgan fingerprint density at radius 2 is 1.94 bits per heavy atom. The van der Waals surface area contributed by atoms with Gasteiger partial charge in [0.1, 0.15) is 16.7 Å². The normalized spacial score (nSPS) is 23.1. The first-order valence-electron chi connectivity index (χ1n) is 12.8. The van der Waals surface area contributed by atoms with Gasteiger partial charge in [-0.2, -0.15) is 4.31 Å². The van der Waals surface area contributed by atoms with E-state index in [1.807, 2.05) is 19.1 Å². The van der Waals surface area contributed by atoms with Gasteiger partial charge in [-0.1, -0.05) is 31.6 Å². The van der Waals surface area contributed by atoms with Gasteiger partial charge in [0.05, 0.1) is 6.61 Å². The number of benzene rings is 1. The van der Waals surface area contributed by atoms with Crippen molar-refractivity contribution >= 4 is 10.0 Å². The molecule has 36 heavy (non-hydrogen) atoms. The molecule has 0 amide bonds. The van der Waals surface area contributed by atoms with Crippen LogP contribution in [0.5, 0.6) is 5.75 Å². The summed E-state index contributed by atoms with van der Waals surface area (Å²) >= 11 is 0. The smallest absolute Gasteiger partial charge is 0.247 e. The van der Waals surface area contributed by atoms with Gasteiger partial charge in [0.15, 0.2) is 0 Å². The lowest BCUT2D eigenvalue weighted by atomic mass is 10.0. The van der Waals surface area contributed by atoms with Crippen molar-refractivity contribution < 1.29 is 18.3 Å². The number of ether oxygens (including phenoxy) is 1. The molecule has 1 N–H and O–H groups in total. The van der Waals surface area contributed by atoms with E-state index in [-0.39, 0.29) is 30.1 Å². The highest BCUT2D eigenvalue weighted by Gasteiger charge is 2.38. The molecule has 3 atom stereocenters. The molecule has 1 aromatic carbocycles. The first-order chi connectivity index (χ1) is 17.3. The monoisotopic (exact) mass is 511 g/mol. The van der Waals surface area contributed by atoms with Crippen molar-refractivity contribution in [2.45, 2.75) is 56.6 Å². The fourth-order valence-electron chi connectivity index (χ4n) is 5.12. The first-order valence-corrected chi connectivity index (χ1v) is 14.3. The molecular weight excluding hydrogens is 474 g/mol. The second-order valence-corrected chi connectivity index (χ2v) is 12.1. The molecule has 1 aromatic heterocycles. The Hall–Kier alpha value is -2.44. The van der Waals surface area contributed by atoms with Gasteiger partial charge in [-0.15, -0.1) is 0 Å². The van der Waals surface area contributed by atoms with Gasteiger partial charge >= 0.3 is 0 Å². The molecule has 0 spiro atoms. The van der Waals surface area contributed by atoms with Gasteiger partial charge in [0, 0.05) is 55.1 Å². The second kappa shape index (κ2) is 11.7. The Kier molecular flexibility index (Phi) is 8.68. The zero-order valence-corrected chi connectivity index (χ0v) is 22.2. The highest BCUT2D eigenvalue weighted by molar-refractivity contribution is 7.89. The predicted molar refractivity (Wildman–Crippen MR) is 140 cm³/mol. The third kappa shape index (κ3) is 6.27. The number of aromatic nitrogens is 1. The summed E-state index contributed by atoms with van der Waals surface area (Å²) in [6.45, 7) is 5.52. The molecule has 7 nitrogen and oxygen atoms in total. The van der Waals surface area contributed by atoms with E-state index in [0.29, 0.717) is 23.8 Å². The zero-order chi connectivity index (χ0) is 25.7. The van der Waals surface area contributed by atoms with E-state index in [1.54, 1.807) is 37.5 Å². The maximum atomic E-state index is 13.7. The molecule has 4 rings (SSSR count). The lowest BCUT2D eigenvalue weighted by Gasteiger charge is -2.37. The number of pyridine rings is 1. The Morgan fingerprint density at radius 1 is 1.19 bits per heavy atom. The van der Waals surface area contributed by atoms with Crippen LogP contribution in [0.2, 0.25) is 0 Å². The van der Waals surface area contributed by atoms with E-state index in [0.717, 1.165) is 12.1 Å². The Labute approximate surface area is 215 Å². The van der Waals surface area contributed by atoms with Crippen molar-refractivity contribution in [1.29, 1.82) is 0 Å². The summed E-state index contributed by atoms with van der Waals surface area (Å²) in [5.74, 6) is 7.14. The Balaban J connectivity index is 1.67. The third-order valence-corrected chi connectivity index (χ3v) is 9.24. The molecule has 1 saturated carbocycles. The lowest BCUT2D eigenvalue weighted by molar-refractivity contribution is 0.0712. The molecular formula is C28H37N3O4S. The van der Waals surface area contributed by atoms with Gasteiger partial charge in [-0.25, -0.2) is 8.42 Å². The van der Waals surface area contributed by atoms with Gasteiger partial charge in [0.2, 0.25) is 10.0 Å². The van der Waals surface area contributed by atoms with Crippen LogP contribution in [0.15, 0.2) is 47.6 Å². The predicted octanol–water partition coefficient (Wildman–Crippen LogP) is 3.37. The van der Waals surface area contributed by atoms with Crippen molar-refractivity contribution in [3.05, 3.63) is 53.9 Å². The van der Waals surface area contributed by atoms with Crippen LogP contribution in [0.3, 0.4) is 0 Å². The molecule has 2 heterocycles. The van der Waals surface area contributed by atoms with E-state index < -0.39 is 16.1 Å². The summed E-state index contributed by atoms with van der Waals surface area (Å²) in [4.78, 5) is 6.52. The highest BCUT2D eigenvalue weighted by Crippen LogP contribution is 2.34. The van der Waals surface area contributed by atoms with Crippen molar-refractivity contribution in [2.24, 2.45) is 11.8 Å². The Morgan fingerprint density at radius 3 is 2.64 bits per heavy atom. The SMILES string of the molecule is C[C@@H]1CN([C@H](C)CO)S(=O)(=O)c2ccc(C#Cc3cccnc3)cc2O[C@H]1CN(C)CC1CCCC1. The van der Waals surface area contributed by atoms with E-state index in [2.05, 4.69) is 28.8 Å². The number of aliphatic hydroxyl groups is 1. The lowest BCUT2D eigenvalue weighted by Crippen LogP contribution is -2.49. The number of aliphatic hydroxyl groups excluding tert-OH is 1. The number of rotatable bonds is 6. The van der Waals surface area contributed by atoms with Crippen molar-refractivity contribution in [3.63, 3.8) is 0 Å². The minimum absolute atomic E-state index is 0.0712. The van der Waals surface area contributed by atoms with Crippen molar-refractivity contribution in [2.75, 3.05) is 33.3 Å². The number of likely N-dealkylation sites (N-methyl/N-ethyl adjacent to an activating group) is 1. The van der Waals surface area contributed by atoms with Crippen LogP contribution in [0.25, 0.3) is 0 Å². The molecule has 1 aliphatic carbocycles. The van der Waals surface area contributed by atoms with Crippen LogP contribution in [0.1, 0.15) is 50.7 Å². The largest absolute Gasteiger partial charge is 0.487 e. The van der Waals surface area contributed by atoms with E-state index in [9.17, 15) is 13.5 Å². The van der Waals surface area contributed by atoms with E-state index in [1.165, 1.54) is 30.0 Å². The van der Waals surface area contributed by atoms with Gasteiger partial charge in [-0.05, 0) is 63.1 Å². The average Bonchev–Trinajstić information content (AvgIpc) is 3.38. The maximum absolute atomic E-state index is 13.7. The van der Waals surface area contributed by atoms with Crippen LogP contribution in [-0.4, -0.2) is 73.1 Å². The van der Waals surface area contributed by atoms with Crippen molar-refractivity contribution in [1.82, 2.24) is 14.2 Å². The molecule has 194 valence electrons. The molecule has 2 aliphatic rings. The molecule has 1 aliphatic heterocycles. The maximum Gasteiger partial charge on any atom is 0.247 e. The molecule has 0 bridgehead atoms. The van der Waals surface area contributed by atoms with Gasteiger partial charge < -0.3 is 14.7 Å². The molecule has 1 fully saturated rings. The first kappa shape index (κ1) is 26.6. The number of nitrogens with zero attached hydrogens (tertiary/aromatic N) is 3. The summed E-state index contributed by atoms with van der Waals surface area (Å²) in [6.07, 6.45) is 8.32. The summed E-state index contributed by atoms with van der Waals surface area (Å²) in [6, 6.07) is 8.16. The zero-order valence-electron chi connectivity index (χ0n) is 21.4. The summed E-state index contributed by atoms with van der Waals surface area (Å²) in [5.41, 5.74) is 1.45. The quantitative estimate of drug-likeness (QED) is 0.599. The van der Waals surface area contributed by atoms with Crippen LogP contribution < -0.4 is 4.74 Å². The molecule has 2 aromatic rings. The fraction of sp³-hybridized carbons (Fsp3) is 0.536. The molecule has 0 saturated heterocycles. The average molecular weight is 512 g/mol. The highest BCUT2D eigenvalue weighted by atomic mass is 32.2. The van der Waals surface area contributed by atoms with Gasteiger partial charge in [0.25, 0.3) is 0 Å². The Bertz CT molecular complexity index is 1190. The standard InChI is InChI=1S/C28H37N3O4S/c1-21-17-31(22(2)20-32)36(33,34)28-13-12-23(10-11-24-9-6-14-29-16-24)15-26(28)35-27(21)19-30(3)18-25-7-4-5-8-25/h6,9,12-16,21-22,25,27,32H,4-5,7-8,17-20H2,1-3H3/t21-,22-,27+/m1/s1. The fourth-order valence-corrected chi connectivity index (χ4v) is 6.94. The third-order valence-electron chi connectivity index (χ3n) is 7.22. The summed E-state index contributed by atoms with van der Waals surface area (Å²) in [7, 11) is -1.74. The summed E-state index contributed by atoms with van der Waals surface area (Å²) < 4.78 is 35.2. The molecule has 0 radical (unpaired) electrons.